The van der Waals surface area contributed by atoms with Crippen LogP contribution in [-0.2, 0) is 0 Å². The molecule has 3 rings (SSSR count). The highest BCUT2D eigenvalue weighted by molar-refractivity contribution is 5.92. The van der Waals surface area contributed by atoms with E-state index in [0.29, 0.717) is 17.5 Å². The van der Waals surface area contributed by atoms with Crippen molar-refractivity contribution in [1.82, 2.24) is 15.6 Å². The molecule has 1 saturated carbocycles. The molecule has 6 heteroatoms. The van der Waals surface area contributed by atoms with Crippen molar-refractivity contribution in [3.8, 4) is 0 Å². The van der Waals surface area contributed by atoms with Crippen molar-refractivity contribution in [2.24, 2.45) is 5.92 Å². The first-order valence-electron chi connectivity index (χ1n) is 6.28. The zero-order valence-electron chi connectivity index (χ0n) is 10.6. The largest absolute Gasteiger partial charge is 0.350 e. The van der Waals surface area contributed by atoms with E-state index in [1.54, 1.807) is 0 Å². The third kappa shape index (κ3) is 4.06. The topological polar surface area (TPSA) is 54.0 Å². The molecular formula is C13H19Cl2N3O. The lowest BCUT2D eigenvalue weighted by Crippen LogP contribution is -2.48. The number of hydrogen-bond acceptors (Lipinski definition) is 3. The van der Waals surface area contributed by atoms with E-state index < -0.39 is 0 Å². The summed E-state index contributed by atoms with van der Waals surface area (Å²) in [5.41, 5.74) is 1.80. The fourth-order valence-corrected chi connectivity index (χ4v) is 2.02. The number of nitrogens with one attached hydrogen (secondary N) is 2. The minimum Gasteiger partial charge on any atom is -0.350 e. The van der Waals surface area contributed by atoms with Gasteiger partial charge in [0.05, 0.1) is 0 Å². The van der Waals surface area contributed by atoms with Crippen LogP contribution in [0.2, 0.25) is 0 Å². The summed E-state index contributed by atoms with van der Waals surface area (Å²) in [5, 5.41) is 6.11. The van der Waals surface area contributed by atoms with E-state index in [9.17, 15) is 4.79 Å². The average molecular weight is 304 g/mol. The predicted octanol–water partition coefficient (Wildman–Crippen LogP) is 1.75. The number of amides is 1. The summed E-state index contributed by atoms with van der Waals surface area (Å²) in [6, 6.07) is 3.87. The number of carbonyl (C=O) groups excluding carboxylic acids is 1. The lowest BCUT2D eigenvalue weighted by Gasteiger charge is -2.26. The molecule has 1 aliphatic heterocycles. The summed E-state index contributed by atoms with van der Waals surface area (Å²) in [6.45, 7) is 2.76. The van der Waals surface area contributed by atoms with E-state index in [-0.39, 0.29) is 30.7 Å². The Morgan fingerprint density at radius 1 is 1.32 bits per heavy atom. The number of pyridine rings is 1. The van der Waals surface area contributed by atoms with Crippen LogP contribution in [0.1, 0.15) is 34.8 Å². The van der Waals surface area contributed by atoms with Gasteiger partial charge in [0, 0.05) is 31.7 Å². The zero-order valence-corrected chi connectivity index (χ0v) is 12.2. The summed E-state index contributed by atoms with van der Waals surface area (Å²) in [6.07, 6.45) is 4.38. The molecule has 1 amide bonds. The Morgan fingerprint density at radius 2 is 2.05 bits per heavy atom. The van der Waals surface area contributed by atoms with E-state index >= 15 is 0 Å². The summed E-state index contributed by atoms with van der Waals surface area (Å²) in [5.74, 6) is 1.23. The molecule has 1 aliphatic carbocycles. The van der Waals surface area contributed by atoms with Crippen LogP contribution in [0.3, 0.4) is 0 Å². The van der Waals surface area contributed by atoms with Crippen molar-refractivity contribution < 1.29 is 4.79 Å². The normalized spacial score (nSPS) is 17.7. The molecule has 1 aromatic rings. The van der Waals surface area contributed by atoms with E-state index in [1.807, 2.05) is 18.3 Å². The zero-order chi connectivity index (χ0) is 11.7. The lowest BCUT2D eigenvalue weighted by atomic mass is 10.0. The minimum atomic E-state index is -0.0563. The van der Waals surface area contributed by atoms with Crippen molar-refractivity contribution in [3.63, 3.8) is 0 Å². The third-order valence-corrected chi connectivity index (χ3v) is 3.49. The van der Waals surface area contributed by atoms with Crippen LogP contribution in [0.5, 0.6) is 0 Å². The molecule has 0 bridgehead atoms. The van der Waals surface area contributed by atoms with Crippen molar-refractivity contribution in [1.29, 1.82) is 0 Å². The standard InChI is InChI=1S/C13H17N3O.2ClH/c17-13(16-7-9-5-14-6-9)12-4-3-11(8-15-12)10-1-2-10;;/h3-4,8-10,14H,1-2,5-7H2,(H,16,17);2*1H. The molecule has 0 spiro atoms. The van der Waals surface area contributed by atoms with Gasteiger partial charge in [0.1, 0.15) is 5.69 Å². The molecule has 0 unspecified atom stereocenters. The third-order valence-electron chi connectivity index (χ3n) is 3.49. The van der Waals surface area contributed by atoms with Gasteiger partial charge in [0.25, 0.3) is 5.91 Å². The molecule has 2 N–H and O–H groups in total. The van der Waals surface area contributed by atoms with Crippen LogP contribution >= 0.6 is 24.8 Å². The fraction of sp³-hybridized carbons (Fsp3) is 0.538. The van der Waals surface area contributed by atoms with Gasteiger partial charge in [-0.25, -0.2) is 0 Å². The van der Waals surface area contributed by atoms with Gasteiger partial charge in [0.15, 0.2) is 0 Å². The van der Waals surface area contributed by atoms with Gasteiger partial charge in [-0.3, -0.25) is 9.78 Å². The second kappa shape index (κ2) is 7.08. The summed E-state index contributed by atoms with van der Waals surface area (Å²) >= 11 is 0. The van der Waals surface area contributed by atoms with Crippen molar-refractivity contribution in [3.05, 3.63) is 29.6 Å². The first kappa shape index (κ1) is 16.2. The first-order valence-corrected chi connectivity index (χ1v) is 6.28. The molecule has 19 heavy (non-hydrogen) atoms. The smallest absolute Gasteiger partial charge is 0.269 e. The SMILES string of the molecule is Cl.Cl.O=C(NCC1CNC1)c1ccc(C2CC2)cn1. The number of hydrogen-bond donors (Lipinski definition) is 2. The van der Waals surface area contributed by atoms with Gasteiger partial charge < -0.3 is 10.6 Å². The van der Waals surface area contributed by atoms with Gasteiger partial charge >= 0.3 is 0 Å². The molecule has 0 atom stereocenters. The molecule has 0 aromatic carbocycles. The Hall–Kier alpha value is -0.840. The summed E-state index contributed by atoms with van der Waals surface area (Å²) in [7, 11) is 0. The first-order chi connectivity index (χ1) is 8.33. The molecule has 0 radical (unpaired) electrons. The van der Waals surface area contributed by atoms with Crippen LogP contribution in [0.4, 0.5) is 0 Å². The van der Waals surface area contributed by atoms with Crippen molar-refractivity contribution in [2.75, 3.05) is 19.6 Å². The van der Waals surface area contributed by atoms with Crippen LogP contribution in [-0.4, -0.2) is 30.5 Å². The quantitative estimate of drug-likeness (QED) is 0.891. The number of aromatic nitrogens is 1. The monoisotopic (exact) mass is 303 g/mol. The number of carbonyl (C=O) groups is 1. The maximum Gasteiger partial charge on any atom is 0.269 e. The molecule has 2 fully saturated rings. The maximum absolute atomic E-state index is 11.8. The highest BCUT2D eigenvalue weighted by atomic mass is 35.5. The van der Waals surface area contributed by atoms with Crippen LogP contribution < -0.4 is 10.6 Å². The highest BCUT2D eigenvalue weighted by Crippen LogP contribution is 2.39. The van der Waals surface area contributed by atoms with Crippen LogP contribution in [0.15, 0.2) is 18.3 Å². The highest BCUT2D eigenvalue weighted by Gasteiger charge is 2.24. The molecule has 2 heterocycles. The van der Waals surface area contributed by atoms with E-state index in [1.165, 1.54) is 18.4 Å². The Kier molecular flexibility index (Phi) is 6.04. The maximum atomic E-state index is 11.8. The van der Waals surface area contributed by atoms with E-state index in [0.717, 1.165) is 19.6 Å². The van der Waals surface area contributed by atoms with Gasteiger partial charge in [-0.05, 0) is 30.4 Å². The molecular weight excluding hydrogens is 285 g/mol. The van der Waals surface area contributed by atoms with E-state index in [2.05, 4.69) is 15.6 Å². The van der Waals surface area contributed by atoms with Crippen LogP contribution in [0.25, 0.3) is 0 Å². The Labute approximate surface area is 125 Å². The number of rotatable bonds is 4. The fourth-order valence-electron chi connectivity index (χ4n) is 2.02. The van der Waals surface area contributed by atoms with E-state index in [4.69, 9.17) is 0 Å². The Bertz CT molecular complexity index is 416. The van der Waals surface area contributed by atoms with Gasteiger partial charge in [-0.2, -0.15) is 0 Å². The molecule has 106 valence electrons. The Morgan fingerprint density at radius 3 is 2.53 bits per heavy atom. The number of halogens is 2. The van der Waals surface area contributed by atoms with Crippen molar-refractivity contribution in [2.45, 2.75) is 18.8 Å². The molecule has 2 aliphatic rings. The minimum absolute atomic E-state index is 0. The second-order valence-electron chi connectivity index (χ2n) is 4.99. The molecule has 1 saturated heterocycles. The van der Waals surface area contributed by atoms with Gasteiger partial charge in [-0.15, -0.1) is 24.8 Å². The van der Waals surface area contributed by atoms with Gasteiger partial charge in [0.2, 0.25) is 0 Å². The van der Waals surface area contributed by atoms with Crippen LogP contribution in [0, 0.1) is 5.92 Å². The average Bonchev–Trinajstić information content (AvgIpc) is 3.11. The summed E-state index contributed by atoms with van der Waals surface area (Å²) < 4.78 is 0. The molecule has 1 aromatic heterocycles. The predicted molar refractivity (Wildman–Crippen MR) is 79.4 cm³/mol. The molecule has 4 nitrogen and oxygen atoms in total. The number of nitrogens with zero attached hydrogens (tertiary/aromatic N) is 1. The Balaban J connectivity index is 0.000000902. The summed E-state index contributed by atoms with van der Waals surface area (Å²) in [4.78, 5) is 16.0. The lowest BCUT2D eigenvalue weighted by molar-refractivity contribution is 0.0937. The second-order valence-corrected chi connectivity index (χ2v) is 4.99. The van der Waals surface area contributed by atoms with Gasteiger partial charge in [-0.1, -0.05) is 6.07 Å². The van der Waals surface area contributed by atoms with Crippen molar-refractivity contribution >= 4 is 30.7 Å².